The fourth-order valence-electron chi connectivity index (χ4n) is 2.29. The van der Waals surface area contributed by atoms with Gasteiger partial charge in [0.1, 0.15) is 6.17 Å². The average molecular weight is 257 g/mol. The smallest absolute Gasteiger partial charge is 0.103 e. The molecule has 0 spiro atoms. The lowest BCUT2D eigenvalue weighted by Crippen LogP contribution is -2.45. The maximum atomic E-state index is 5.43. The van der Waals surface area contributed by atoms with Gasteiger partial charge in [-0.3, -0.25) is 0 Å². The number of hydrogen-bond donors (Lipinski definition) is 1. The van der Waals surface area contributed by atoms with Crippen LogP contribution in [0.4, 0.5) is 0 Å². The maximum absolute atomic E-state index is 5.43. The molecule has 1 aliphatic rings. The molecule has 0 saturated carbocycles. The number of nitrogens with one attached hydrogen (secondary N) is 1. The predicted molar refractivity (Wildman–Crippen MR) is 72.7 cm³/mol. The largest absolute Gasteiger partial charge is 0.380 e. The molecule has 106 valence electrons. The van der Waals surface area contributed by atoms with Gasteiger partial charge in [-0.05, 0) is 12.8 Å². The standard InChI is InChI=1S/C13H27N3O2/c1-5-17-10-8-15-6-7-16(9-11-18-14-4)13(15)12(2)3/h6-7,12-14H,5,8-11H2,1-4H3. The Morgan fingerprint density at radius 1 is 1.17 bits per heavy atom. The fourth-order valence-corrected chi connectivity index (χ4v) is 2.29. The topological polar surface area (TPSA) is 37.0 Å². The van der Waals surface area contributed by atoms with Gasteiger partial charge in [-0.15, -0.1) is 0 Å². The Balaban J connectivity index is 2.42. The molecule has 0 aliphatic carbocycles. The number of hydroxylamine groups is 1. The second-order valence-corrected chi connectivity index (χ2v) is 4.68. The van der Waals surface area contributed by atoms with Crippen molar-refractivity contribution in [3.63, 3.8) is 0 Å². The predicted octanol–water partition coefficient (Wildman–Crippen LogP) is 1.24. The minimum absolute atomic E-state index is 0.408. The molecule has 18 heavy (non-hydrogen) atoms. The molecule has 0 aromatic carbocycles. The van der Waals surface area contributed by atoms with Gasteiger partial charge in [0.15, 0.2) is 0 Å². The van der Waals surface area contributed by atoms with Crippen LogP contribution in [0.25, 0.3) is 0 Å². The molecule has 5 nitrogen and oxygen atoms in total. The molecule has 1 atom stereocenters. The summed E-state index contributed by atoms with van der Waals surface area (Å²) >= 11 is 0. The van der Waals surface area contributed by atoms with Crippen LogP contribution in [0.5, 0.6) is 0 Å². The molecule has 5 heteroatoms. The number of hydrogen-bond acceptors (Lipinski definition) is 5. The van der Waals surface area contributed by atoms with Crippen LogP contribution in [-0.2, 0) is 9.57 Å². The first kappa shape index (κ1) is 15.3. The van der Waals surface area contributed by atoms with Crippen molar-refractivity contribution in [1.82, 2.24) is 15.3 Å². The van der Waals surface area contributed by atoms with E-state index in [2.05, 4.69) is 41.5 Å². The van der Waals surface area contributed by atoms with Crippen LogP contribution >= 0.6 is 0 Å². The Labute approximate surface area is 111 Å². The molecule has 0 fully saturated rings. The zero-order chi connectivity index (χ0) is 13.4. The van der Waals surface area contributed by atoms with Crippen molar-refractivity contribution in [3.8, 4) is 0 Å². The van der Waals surface area contributed by atoms with Crippen LogP contribution in [0, 0.1) is 5.92 Å². The lowest BCUT2D eigenvalue weighted by Gasteiger charge is -2.35. The summed E-state index contributed by atoms with van der Waals surface area (Å²) in [5, 5.41) is 0. The van der Waals surface area contributed by atoms with Gasteiger partial charge in [-0.1, -0.05) is 13.8 Å². The summed E-state index contributed by atoms with van der Waals surface area (Å²) in [4.78, 5) is 9.86. The number of nitrogens with zero attached hydrogens (tertiary/aromatic N) is 2. The minimum atomic E-state index is 0.408. The minimum Gasteiger partial charge on any atom is -0.380 e. The molecule has 1 N–H and O–H groups in total. The van der Waals surface area contributed by atoms with Gasteiger partial charge in [0.2, 0.25) is 0 Å². The van der Waals surface area contributed by atoms with Gasteiger partial charge in [-0.2, -0.15) is 0 Å². The van der Waals surface area contributed by atoms with Crippen molar-refractivity contribution in [2.24, 2.45) is 5.92 Å². The van der Waals surface area contributed by atoms with Crippen LogP contribution in [0.2, 0.25) is 0 Å². The van der Waals surface area contributed by atoms with Crippen LogP contribution in [0.3, 0.4) is 0 Å². The van der Waals surface area contributed by atoms with Gasteiger partial charge in [0, 0.05) is 39.1 Å². The Hall–Kier alpha value is -0.780. The van der Waals surface area contributed by atoms with Gasteiger partial charge in [-0.25, -0.2) is 5.48 Å². The molecule has 0 saturated heterocycles. The van der Waals surface area contributed by atoms with Crippen molar-refractivity contribution in [1.29, 1.82) is 0 Å². The van der Waals surface area contributed by atoms with E-state index in [9.17, 15) is 0 Å². The molecule has 0 radical (unpaired) electrons. The van der Waals surface area contributed by atoms with Gasteiger partial charge < -0.3 is 19.4 Å². The highest BCUT2D eigenvalue weighted by Crippen LogP contribution is 2.21. The Morgan fingerprint density at radius 3 is 2.28 bits per heavy atom. The van der Waals surface area contributed by atoms with E-state index in [0.717, 1.165) is 26.3 Å². The molecule has 1 unspecified atom stereocenters. The highest BCUT2D eigenvalue weighted by atomic mass is 16.6. The molecule has 0 amide bonds. The van der Waals surface area contributed by atoms with E-state index in [4.69, 9.17) is 9.57 Å². The first-order chi connectivity index (χ1) is 8.70. The van der Waals surface area contributed by atoms with E-state index in [-0.39, 0.29) is 0 Å². The SMILES string of the molecule is CCOCCN1C=CN(CCONC)C1C(C)C. The average Bonchev–Trinajstić information content (AvgIpc) is 2.73. The van der Waals surface area contributed by atoms with Crippen molar-refractivity contribution < 1.29 is 9.57 Å². The monoisotopic (exact) mass is 257 g/mol. The number of ether oxygens (including phenoxy) is 1. The molecule has 0 bridgehead atoms. The summed E-state index contributed by atoms with van der Waals surface area (Å²) < 4.78 is 5.43. The van der Waals surface area contributed by atoms with E-state index in [1.165, 1.54) is 0 Å². The molecule has 0 aromatic heterocycles. The van der Waals surface area contributed by atoms with Crippen molar-refractivity contribution >= 4 is 0 Å². The summed E-state index contributed by atoms with van der Waals surface area (Å²) in [6, 6.07) is 0. The summed E-state index contributed by atoms with van der Waals surface area (Å²) in [5.74, 6) is 0.566. The van der Waals surface area contributed by atoms with Crippen molar-refractivity contribution in [2.75, 3.05) is 40.0 Å². The van der Waals surface area contributed by atoms with Crippen LogP contribution < -0.4 is 5.48 Å². The van der Waals surface area contributed by atoms with Gasteiger partial charge >= 0.3 is 0 Å². The summed E-state index contributed by atoms with van der Waals surface area (Å²) in [6.45, 7) is 10.6. The highest BCUT2D eigenvalue weighted by molar-refractivity contribution is 4.98. The van der Waals surface area contributed by atoms with Gasteiger partial charge in [0.05, 0.1) is 13.2 Å². The summed E-state index contributed by atoms with van der Waals surface area (Å²) in [7, 11) is 1.79. The lowest BCUT2D eigenvalue weighted by molar-refractivity contribution is 0.0195. The maximum Gasteiger partial charge on any atom is 0.103 e. The molecular weight excluding hydrogens is 230 g/mol. The zero-order valence-electron chi connectivity index (χ0n) is 12.1. The van der Waals surface area contributed by atoms with E-state index >= 15 is 0 Å². The third kappa shape index (κ3) is 4.48. The first-order valence-corrected chi connectivity index (χ1v) is 6.76. The summed E-state index contributed by atoms with van der Waals surface area (Å²) in [6.07, 6.45) is 4.71. The quantitative estimate of drug-likeness (QED) is 0.497. The van der Waals surface area contributed by atoms with Crippen molar-refractivity contribution in [3.05, 3.63) is 12.4 Å². The second kappa shape index (κ2) is 8.34. The van der Waals surface area contributed by atoms with Crippen LogP contribution in [0.15, 0.2) is 12.4 Å². The Bertz CT molecular complexity index is 226. The second-order valence-electron chi connectivity index (χ2n) is 4.68. The van der Waals surface area contributed by atoms with Crippen molar-refractivity contribution in [2.45, 2.75) is 26.9 Å². The third-order valence-corrected chi connectivity index (χ3v) is 3.02. The molecule has 1 heterocycles. The normalized spacial score (nSPS) is 19.3. The molecule has 1 rings (SSSR count). The van der Waals surface area contributed by atoms with Gasteiger partial charge in [0.25, 0.3) is 0 Å². The number of rotatable bonds is 9. The van der Waals surface area contributed by atoms with E-state index in [1.807, 2.05) is 6.92 Å². The first-order valence-electron chi connectivity index (χ1n) is 6.76. The summed E-state index contributed by atoms with van der Waals surface area (Å²) in [5.41, 5.74) is 2.70. The van der Waals surface area contributed by atoms with Crippen LogP contribution in [-0.4, -0.2) is 55.9 Å². The Kier molecular flexibility index (Phi) is 7.08. The molecule has 0 aromatic rings. The molecule has 1 aliphatic heterocycles. The van der Waals surface area contributed by atoms with Crippen LogP contribution in [0.1, 0.15) is 20.8 Å². The zero-order valence-corrected chi connectivity index (χ0v) is 12.1. The fraction of sp³-hybridized carbons (Fsp3) is 0.846. The lowest BCUT2D eigenvalue weighted by atomic mass is 10.1. The highest BCUT2D eigenvalue weighted by Gasteiger charge is 2.28. The Morgan fingerprint density at radius 2 is 1.78 bits per heavy atom. The third-order valence-electron chi connectivity index (χ3n) is 3.02. The van der Waals surface area contributed by atoms with E-state index < -0.39 is 0 Å². The molecular formula is C13H27N3O2. The van der Waals surface area contributed by atoms with E-state index in [1.54, 1.807) is 7.05 Å². The van der Waals surface area contributed by atoms with E-state index in [0.29, 0.717) is 18.7 Å².